The third-order valence-corrected chi connectivity index (χ3v) is 17.3. The molecule has 49 heteroatoms. The molecule has 2 aromatic rings. The van der Waals surface area contributed by atoms with Crippen LogP contribution in [0.5, 0.6) is 5.75 Å². The van der Waals surface area contributed by atoms with Gasteiger partial charge in [-0.15, -0.1) is 0 Å². The van der Waals surface area contributed by atoms with Gasteiger partial charge >= 0.3 is 11.9 Å². The normalized spacial score (nSPS) is 14.2. The molecule has 0 radical (unpaired) electrons. The zero-order chi connectivity index (χ0) is 89.8. The minimum absolute atomic E-state index is 0.0467. The van der Waals surface area contributed by atoms with Crippen LogP contribution in [0.4, 0.5) is 0 Å². The van der Waals surface area contributed by atoms with Gasteiger partial charge in [0.2, 0.25) is 94.5 Å². The third kappa shape index (κ3) is 39.7. The highest BCUT2D eigenvalue weighted by Gasteiger charge is 2.38. The van der Waals surface area contributed by atoms with Crippen molar-refractivity contribution in [1.29, 1.82) is 10.8 Å². The summed E-state index contributed by atoms with van der Waals surface area (Å²) in [7, 11) is 0. The highest BCUT2D eigenvalue weighted by molar-refractivity contribution is 7.80. The van der Waals surface area contributed by atoms with Crippen LogP contribution in [0.25, 0.3) is 0 Å². The molecule has 34 N–H and O–H groups in total. The summed E-state index contributed by atoms with van der Waals surface area (Å²) in [6, 6.07) is -9.73. The molecule has 2 aromatic carbocycles. The molecule has 0 fully saturated rings. The molecule has 0 saturated carbocycles. The maximum atomic E-state index is 14.6. The Labute approximate surface area is 686 Å². The predicted molar refractivity (Wildman–Crippen MR) is 421 cm³/mol. The van der Waals surface area contributed by atoms with E-state index in [1.165, 1.54) is 48.5 Å². The first-order valence-corrected chi connectivity index (χ1v) is 37.6. The SMILES string of the molecule is CC(C)C[C@H](NC(=O)CNC(=O)[C@H](CO)NC(=O)[C@H](CO)NC(=O)CNC(=O)[C@H](CC(=O)O)NC(=O)[C@H](Cc1ccccc1)NC(=O)[C@H](CO)NC(=O)[C@H](CCCNC(=N)N)NC(=O)[C@H](CCCNC(=N)N)NC(=O)[C@H](CC(N)=O)NC(=O)[C@H](Cc1ccc(O)cc1)NC(=O)[C@H](CO)NC(=O)CNC(=O)[C@@H](N)CS)C(=O)N[C@H](C(=O)O)C(C)C. The lowest BCUT2D eigenvalue weighted by atomic mass is 10.0. The van der Waals surface area contributed by atoms with Crippen LogP contribution in [0.1, 0.15) is 83.8 Å². The molecule has 119 heavy (non-hydrogen) atoms. The van der Waals surface area contributed by atoms with E-state index in [1.807, 2.05) is 10.6 Å². The number of nitrogens with one attached hydrogen (secondary N) is 19. The van der Waals surface area contributed by atoms with Gasteiger partial charge in [0.05, 0.1) is 64.9 Å². The minimum Gasteiger partial charge on any atom is -0.508 e. The fraction of sp³-hybridized carbons (Fsp3) is 0.543. The van der Waals surface area contributed by atoms with Crippen molar-refractivity contribution in [3.8, 4) is 5.75 Å². The maximum absolute atomic E-state index is 14.6. The number of phenols is 1. The number of carboxylic acids is 2. The molecule has 13 atom stereocenters. The van der Waals surface area contributed by atoms with E-state index in [1.54, 1.807) is 33.8 Å². The second-order valence-corrected chi connectivity index (χ2v) is 27.9. The Balaban J connectivity index is 2.45. The Hall–Kier alpha value is -12.6. The van der Waals surface area contributed by atoms with E-state index < -0.39 is 287 Å². The van der Waals surface area contributed by atoms with Gasteiger partial charge in [0.15, 0.2) is 11.9 Å². The Morgan fingerprint density at radius 1 is 0.395 bits per heavy atom. The number of aliphatic carboxylic acids is 2. The van der Waals surface area contributed by atoms with Crippen LogP contribution in [-0.4, -0.2) is 298 Å². The number of guanidine groups is 2. The van der Waals surface area contributed by atoms with Crippen LogP contribution in [0, 0.1) is 22.7 Å². The first-order chi connectivity index (χ1) is 56.1. The molecular formula is C70H109N23O25S. The highest BCUT2D eigenvalue weighted by atomic mass is 32.1. The number of amides is 16. The molecule has 0 aliphatic rings. The van der Waals surface area contributed by atoms with Gasteiger partial charge in [-0.2, -0.15) is 12.6 Å². The van der Waals surface area contributed by atoms with E-state index >= 15 is 0 Å². The topological polar surface area (TPSA) is 805 Å². The van der Waals surface area contributed by atoms with E-state index in [0.29, 0.717) is 5.56 Å². The molecule has 16 amide bonds. The largest absolute Gasteiger partial charge is 0.508 e. The molecule has 0 heterocycles. The molecule has 0 unspecified atom stereocenters. The van der Waals surface area contributed by atoms with Crippen LogP contribution in [0.3, 0.4) is 0 Å². The Kier molecular flexibility index (Phi) is 46.1. The molecule has 0 aromatic heterocycles. The lowest BCUT2D eigenvalue weighted by Gasteiger charge is -2.28. The number of carbonyl (C=O) groups excluding carboxylic acids is 16. The summed E-state index contributed by atoms with van der Waals surface area (Å²) in [5.41, 5.74) is 22.7. The molecular weight excluding hydrogens is 1590 g/mol. The number of benzene rings is 2. The van der Waals surface area contributed by atoms with Crippen molar-refractivity contribution in [2.45, 2.75) is 164 Å². The van der Waals surface area contributed by atoms with Gasteiger partial charge in [-0.05, 0) is 67.2 Å². The summed E-state index contributed by atoms with van der Waals surface area (Å²) in [4.78, 5) is 240. The molecule has 0 aliphatic heterocycles. The second-order valence-electron chi connectivity index (χ2n) is 27.5. The van der Waals surface area contributed by atoms with Crippen molar-refractivity contribution in [1.82, 2.24) is 90.4 Å². The number of carbonyl (C=O) groups is 18. The van der Waals surface area contributed by atoms with Crippen molar-refractivity contribution < 1.29 is 122 Å². The summed E-state index contributed by atoms with van der Waals surface area (Å²) in [6.45, 7) is -1.02. The lowest BCUT2D eigenvalue weighted by molar-refractivity contribution is -0.143. The number of carboxylic acid groups (broad SMARTS) is 2. The summed E-state index contributed by atoms with van der Waals surface area (Å²) in [6.07, 6.45) is -4.05. The van der Waals surface area contributed by atoms with Crippen molar-refractivity contribution >= 4 is 131 Å². The van der Waals surface area contributed by atoms with Crippen molar-refractivity contribution in [2.75, 3.05) is 64.9 Å². The third-order valence-electron chi connectivity index (χ3n) is 16.9. The summed E-state index contributed by atoms with van der Waals surface area (Å²) in [5.74, 6) is -23.7. The summed E-state index contributed by atoms with van der Waals surface area (Å²) >= 11 is 3.91. The average molecular weight is 1700 g/mol. The van der Waals surface area contributed by atoms with Gasteiger partial charge < -0.3 is 149 Å². The number of primary amides is 1. The lowest BCUT2D eigenvalue weighted by Crippen LogP contribution is -2.61. The van der Waals surface area contributed by atoms with Gasteiger partial charge in [0.25, 0.3) is 0 Å². The number of phenolic OH excluding ortho intramolecular Hbond substituents is 1. The molecule has 0 spiro atoms. The van der Waals surface area contributed by atoms with Gasteiger partial charge in [-0.25, -0.2) is 4.79 Å². The minimum atomic E-state index is -2.08. The van der Waals surface area contributed by atoms with E-state index in [-0.39, 0.29) is 55.3 Å². The molecule has 48 nitrogen and oxygen atoms in total. The molecule has 0 aliphatic carbocycles. The monoisotopic (exact) mass is 1700 g/mol. The fourth-order valence-electron chi connectivity index (χ4n) is 10.7. The van der Waals surface area contributed by atoms with Crippen molar-refractivity contribution in [2.24, 2.45) is 34.8 Å². The number of aliphatic hydroxyl groups excluding tert-OH is 4. The van der Waals surface area contributed by atoms with Crippen molar-refractivity contribution in [3.05, 3.63) is 65.7 Å². The van der Waals surface area contributed by atoms with E-state index in [9.17, 15) is 122 Å². The first kappa shape index (κ1) is 102. The van der Waals surface area contributed by atoms with Crippen LogP contribution >= 0.6 is 12.6 Å². The zero-order valence-electron chi connectivity index (χ0n) is 65.5. The number of rotatable bonds is 55. The Bertz CT molecular complexity index is 3850. The molecule has 0 saturated heterocycles. The fourth-order valence-corrected chi connectivity index (χ4v) is 10.8. The maximum Gasteiger partial charge on any atom is 0.326 e. The molecule has 660 valence electrons. The smallest absolute Gasteiger partial charge is 0.326 e. The average Bonchev–Trinajstić information content (AvgIpc) is 0.853. The van der Waals surface area contributed by atoms with Crippen LogP contribution in [0.15, 0.2) is 54.6 Å². The van der Waals surface area contributed by atoms with Gasteiger partial charge in [-0.3, -0.25) is 92.3 Å². The van der Waals surface area contributed by atoms with Crippen LogP contribution in [-0.2, 0) is 99.1 Å². The quantitative estimate of drug-likeness (QED) is 0.0127. The number of nitrogens with two attached hydrogens (primary N) is 4. The second kappa shape index (κ2) is 53.6. The van der Waals surface area contributed by atoms with E-state index in [4.69, 9.17) is 33.8 Å². The van der Waals surface area contributed by atoms with Gasteiger partial charge in [0, 0.05) is 31.7 Å². The summed E-state index contributed by atoms with van der Waals surface area (Å²) < 4.78 is 0. The number of hydrogen-bond donors (Lipinski definition) is 31. The standard InChI is InChI=1S/C70H109N23O25S/c1-33(2)20-41(64(113)93-55(34(3)4)68(117)118)82-51(100)26-81-58(107)46(28-94)91-66(115)48(30-96)84-53(102)27-80-57(106)45(24-54(103)104)90-62(111)42(21-35-10-6-5-7-11-35)88-67(116)49(31-97)92-60(109)40(13-9-19-78-70(75)76)85-59(108)39(12-8-18-77-69(73)74)86-63(112)44(23-50(72)99)89-61(110)43(22-36-14-16-37(98)17-15-36)87-65(114)47(29-95)83-52(101)25-79-56(105)38(71)32-119/h5-7,10-11,14-17,33-34,38-49,55,94-98,119H,8-9,12-13,18-32,71H2,1-4H3,(H2,72,99)(H,79,105)(H,80,106)(H,81,107)(H,82,100)(H,83,101)(H,84,102)(H,85,108)(H,86,112)(H,87,114)(H,88,116)(H,89,110)(H,90,111)(H,91,115)(H,92,109)(H,93,113)(H,103,104)(H,117,118)(H4,73,74,77)(H4,75,76,78)/t38-,39-,40-,41-,42-,43-,44-,45-,46-,47-,48-,49-,55-/m0/s1. The van der Waals surface area contributed by atoms with Gasteiger partial charge in [0.1, 0.15) is 78.3 Å². The number of thiol groups is 1. The molecule has 0 bridgehead atoms. The Morgan fingerprint density at radius 3 is 1.10 bits per heavy atom. The van der Waals surface area contributed by atoms with E-state index in [2.05, 4.69) is 92.4 Å². The van der Waals surface area contributed by atoms with Crippen LogP contribution in [0.2, 0.25) is 0 Å². The van der Waals surface area contributed by atoms with Crippen LogP contribution < -0.4 is 113 Å². The Morgan fingerprint density at radius 2 is 0.723 bits per heavy atom. The molecule has 2 rings (SSSR count). The number of aromatic hydroxyl groups is 1. The highest BCUT2D eigenvalue weighted by Crippen LogP contribution is 2.15. The number of hydrogen-bond acceptors (Lipinski definition) is 27. The number of aliphatic hydroxyl groups is 4. The zero-order valence-corrected chi connectivity index (χ0v) is 66.4. The van der Waals surface area contributed by atoms with Crippen molar-refractivity contribution in [3.63, 3.8) is 0 Å². The van der Waals surface area contributed by atoms with E-state index in [0.717, 1.165) is 0 Å². The first-order valence-electron chi connectivity index (χ1n) is 37.0. The predicted octanol–water partition coefficient (Wildman–Crippen LogP) is -12.8. The van der Waals surface area contributed by atoms with Gasteiger partial charge in [-0.1, -0.05) is 70.2 Å². The summed E-state index contributed by atoms with van der Waals surface area (Å²) in [5, 5.41) is 124.